The van der Waals surface area contributed by atoms with Crippen LogP contribution in [0.4, 0.5) is 0 Å². The maximum absolute atomic E-state index is 13.7. The van der Waals surface area contributed by atoms with Crippen LogP contribution in [0.25, 0.3) is 11.1 Å². The Hall–Kier alpha value is -3.90. The Balaban J connectivity index is 1.58. The van der Waals surface area contributed by atoms with Crippen molar-refractivity contribution in [3.05, 3.63) is 108 Å². The number of carbonyl (C=O) groups is 1. The highest BCUT2D eigenvalue weighted by Crippen LogP contribution is 2.28. The normalized spacial score (nSPS) is 11.7. The second kappa shape index (κ2) is 12.7. The zero-order valence-corrected chi connectivity index (χ0v) is 20.6. The average Bonchev–Trinajstić information content (AvgIpc) is 3.47. The minimum Gasteiger partial charge on any atom is -0.493 e. The number of aromatic amines is 1. The van der Waals surface area contributed by atoms with Gasteiger partial charge >= 0.3 is 0 Å². The number of aliphatic hydroxyl groups excluding tert-OH is 1. The van der Waals surface area contributed by atoms with E-state index in [1.165, 1.54) is 17.7 Å². The molecular weight excluding hydrogens is 450 g/mol. The number of aliphatic hydroxyl groups is 1. The van der Waals surface area contributed by atoms with Crippen molar-refractivity contribution in [2.24, 2.45) is 0 Å². The Kier molecular flexibility index (Phi) is 8.89. The Bertz CT molecular complexity index is 1210. The molecule has 0 aliphatic carbocycles. The quantitative estimate of drug-likeness (QED) is 0.181. The summed E-state index contributed by atoms with van der Waals surface area (Å²) >= 11 is 0. The minimum absolute atomic E-state index is 0.212. The van der Waals surface area contributed by atoms with E-state index in [0.717, 1.165) is 35.3 Å². The van der Waals surface area contributed by atoms with Crippen LogP contribution in [0.1, 0.15) is 60.3 Å². The molecule has 4 rings (SSSR count). The first-order chi connectivity index (χ1) is 17.7. The molecule has 4 aromatic rings. The molecule has 6 heteroatoms. The summed E-state index contributed by atoms with van der Waals surface area (Å²) in [5, 5.41) is 18.1. The number of nitrogens with one attached hydrogen (secondary N) is 1. The predicted octanol–water partition coefficient (Wildman–Crippen LogP) is 6.37. The second-order valence-electron chi connectivity index (χ2n) is 8.80. The van der Waals surface area contributed by atoms with Gasteiger partial charge in [-0.3, -0.25) is 9.89 Å². The Morgan fingerprint density at radius 2 is 1.69 bits per heavy atom. The third-order valence-corrected chi connectivity index (χ3v) is 6.19. The average molecular weight is 484 g/mol. The van der Waals surface area contributed by atoms with Crippen LogP contribution in [-0.4, -0.2) is 32.7 Å². The highest BCUT2D eigenvalue weighted by Gasteiger charge is 2.26. The van der Waals surface area contributed by atoms with Gasteiger partial charge in [0.1, 0.15) is 5.75 Å². The van der Waals surface area contributed by atoms with Crippen LogP contribution in [0.3, 0.4) is 0 Å². The number of benzene rings is 3. The van der Waals surface area contributed by atoms with E-state index in [0.29, 0.717) is 17.7 Å². The molecule has 3 aromatic carbocycles. The Morgan fingerprint density at radius 3 is 2.42 bits per heavy atom. The van der Waals surface area contributed by atoms with E-state index >= 15 is 0 Å². The fraction of sp³-hybridized carbons (Fsp3) is 0.267. The summed E-state index contributed by atoms with van der Waals surface area (Å²) in [4.78, 5) is 15.2. The molecule has 1 aromatic heterocycles. The van der Waals surface area contributed by atoms with Crippen molar-refractivity contribution in [1.82, 2.24) is 15.1 Å². The number of hydrogen-bond acceptors (Lipinski definition) is 4. The number of unbranched alkanes of at least 4 members (excludes halogenated alkanes) is 3. The van der Waals surface area contributed by atoms with Gasteiger partial charge in [-0.1, -0.05) is 86.8 Å². The van der Waals surface area contributed by atoms with Crippen molar-refractivity contribution in [3.8, 4) is 16.9 Å². The summed E-state index contributed by atoms with van der Waals surface area (Å²) in [5.74, 6) is 0.477. The lowest BCUT2D eigenvalue weighted by atomic mass is 10.1. The van der Waals surface area contributed by atoms with Gasteiger partial charge in [0.2, 0.25) is 0 Å². The molecule has 1 amide bonds. The number of amides is 1. The number of ether oxygens (including phenoxy) is 1. The maximum atomic E-state index is 13.7. The van der Waals surface area contributed by atoms with Crippen molar-refractivity contribution < 1.29 is 14.6 Å². The number of H-pyrrole nitrogens is 1. The summed E-state index contributed by atoms with van der Waals surface area (Å²) < 4.78 is 6.08. The Morgan fingerprint density at radius 1 is 0.944 bits per heavy atom. The first-order valence-electron chi connectivity index (χ1n) is 12.5. The SMILES string of the molecule is CCCCCCOc1ccccc1CN(C(=O)c1ccc(-c2cn[nH]c2)cc1)C(O)c1ccccc1. The molecule has 0 saturated heterocycles. The third-order valence-electron chi connectivity index (χ3n) is 6.19. The molecule has 0 radical (unpaired) electrons. The first-order valence-corrected chi connectivity index (χ1v) is 12.5. The molecule has 0 aliphatic heterocycles. The largest absolute Gasteiger partial charge is 0.493 e. The van der Waals surface area contributed by atoms with E-state index in [-0.39, 0.29) is 12.5 Å². The van der Waals surface area contributed by atoms with Gasteiger partial charge in [0.15, 0.2) is 6.23 Å². The molecule has 36 heavy (non-hydrogen) atoms. The number of carbonyl (C=O) groups excluding carboxylic acids is 1. The summed E-state index contributed by atoms with van der Waals surface area (Å²) in [6.45, 7) is 3.02. The van der Waals surface area contributed by atoms with E-state index in [2.05, 4.69) is 17.1 Å². The minimum atomic E-state index is -1.11. The highest BCUT2D eigenvalue weighted by atomic mass is 16.5. The van der Waals surface area contributed by atoms with Gasteiger partial charge in [-0.2, -0.15) is 5.10 Å². The molecule has 2 N–H and O–H groups in total. The molecule has 0 fully saturated rings. The van der Waals surface area contributed by atoms with E-state index in [9.17, 15) is 9.90 Å². The van der Waals surface area contributed by atoms with Crippen LogP contribution >= 0.6 is 0 Å². The molecule has 1 atom stereocenters. The van der Waals surface area contributed by atoms with E-state index in [4.69, 9.17) is 4.74 Å². The summed E-state index contributed by atoms with van der Waals surface area (Å²) in [7, 11) is 0. The number of aromatic nitrogens is 2. The summed E-state index contributed by atoms with van der Waals surface area (Å²) in [5.41, 5.74) is 3.90. The molecule has 1 heterocycles. The van der Waals surface area contributed by atoms with Gasteiger partial charge < -0.3 is 14.7 Å². The lowest BCUT2D eigenvalue weighted by Gasteiger charge is -2.29. The van der Waals surface area contributed by atoms with E-state index < -0.39 is 6.23 Å². The number of nitrogens with zero attached hydrogens (tertiary/aromatic N) is 2. The summed E-state index contributed by atoms with van der Waals surface area (Å²) in [6, 6.07) is 24.3. The molecule has 0 saturated carbocycles. The fourth-order valence-electron chi connectivity index (χ4n) is 4.12. The van der Waals surface area contributed by atoms with Gasteiger partial charge in [0, 0.05) is 28.5 Å². The fourth-order valence-corrected chi connectivity index (χ4v) is 4.12. The monoisotopic (exact) mass is 483 g/mol. The van der Waals surface area contributed by atoms with Crippen LogP contribution in [-0.2, 0) is 6.54 Å². The Labute approximate surface area is 212 Å². The standard InChI is InChI=1S/C30H33N3O3/c1-2-3-4-10-19-36-28-14-9-8-13-26(28)22-33(29(34)24-11-6-5-7-12-24)30(35)25-17-15-23(16-18-25)27-20-31-32-21-27/h5-9,11-18,20-21,29,34H,2-4,10,19,22H2,1H3,(H,31,32). The molecule has 186 valence electrons. The lowest BCUT2D eigenvalue weighted by Crippen LogP contribution is -2.34. The zero-order valence-electron chi connectivity index (χ0n) is 20.6. The van der Waals surface area contributed by atoms with Crippen molar-refractivity contribution in [2.45, 2.75) is 45.4 Å². The van der Waals surface area contributed by atoms with E-state index in [1.54, 1.807) is 18.3 Å². The van der Waals surface area contributed by atoms with Crippen molar-refractivity contribution in [2.75, 3.05) is 6.61 Å². The van der Waals surface area contributed by atoms with Gasteiger partial charge in [-0.05, 0) is 30.2 Å². The van der Waals surface area contributed by atoms with Crippen LogP contribution in [0.5, 0.6) is 5.75 Å². The highest BCUT2D eigenvalue weighted by molar-refractivity contribution is 5.95. The molecule has 0 aliphatic rings. The lowest BCUT2D eigenvalue weighted by molar-refractivity contribution is 0.00198. The number of hydrogen-bond donors (Lipinski definition) is 2. The van der Waals surface area contributed by atoms with Crippen molar-refractivity contribution in [3.63, 3.8) is 0 Å². The first kappa shape index (κ1) is 25.2. The van der Waals surface area contributed by atoms with Crippen LogP contribution in [0, 0.1) is 0 Å². The van der Waals surface area contributed by atoms with Crippen molar-refractivity contribution in [1.29, 1.82) is 0 Å². The number of rotatable bonds is 12. The molecule has 0 bridgehead atoms. The van der Waals surface area contributed by atoms with Crippen LogP contribution in [0.15, 0.2) is 91.3 Å². The zero-order chi connectivity index (χ0) is 25.2. The second-order valence-corrected chi connectivity index (χ2v) is 8.80. The van der Waals surface area contributed by atoms with Crippen LogP contribution < -0.4 is 4.74 Å². The van der Waals surface area contributed by atoms with Gasteiger partial charge in [0.25, 0.3) is 5.91 Å². The van der Waals surface area contributed by atoms with Gasteiger partial charge in [-0.25, -0.2) is 0 Å². The summed E-state index contributed by atoms with van der Waals surface area (Å²) in [6.07, 6.45) is 6.92. The molecule has 0 spiro atoms. The predicted molar refractivity (Wildman–Crippen MR) is 141 cm³/mol. The molecule has 1 unspecified atom stereocenters. The van der Waals surface area contributed by atoms with Crippen molar-refractivity contribution >= 4 is 5.91 Å². The van der Waals surface area contributed by atoms with Gasteiger partial charge in [-0.15, -0.1) is 0 Å². The molecular formula is C30H33N3O3. The maximum Gasteiger partial charge on any atom is 0.256 e. The van der Waals surface area contributed by atoms with Gasteiger partial charge in [0.05, 0.1) is 19.3 Å². The van der Waals surface area contributed by atoms with E-state index in [1.807, 2.05) is 72.9 Å². The van der Waals surface area contributed by atoms with Crippen LogP contribution in [0.2, 0.25) is 0 Å². The molecule has 6 nitrogen and oxygen atoms in total. The number of para-hydroxylation sites is 1. The topological polar surface area (TPSA) is 78.5 Å². The third kappa shape index (κ3) is 6.40. The smallest absolute Gasteiger partial charge is 0.256 e.